The molecule has 0 bridgehead atoms. The Bertz CT molecular complexity index is 1740. The Morgan fingerprint density at radius 2 is 1.89 bits per heavy atom. The molecule has 1 amide bonds. The normalized spacial score (nSPS) is 11.6. The zero-order valence-corrected chi connectivity index (χ0v) is 19.8. The molecule has 11 nitrogen and oxygen atoms in total. The third-order valence-corrected chi connectivity index (χ3v) is 5.82. The highest BCUT2D eigenvalue weighted by molar-refractivity contribution is 5.94. The number of aromatic amines is 2. The fourth-order valence-corrected chi connectivity index (χ4v) is 3.93. The highest BCUT2D eigenvalue weighted by Gasteiger charge is 2.17. The molecule has 178 valence electrons. The number of anilines is 1. The maximum absolute atomic E-state index is 12.1. The van der Waals surface area contributed by atoms with Crippen LogP contribution in [0.15, 0.2) is 55.5 Å². The van der Waals surface area contributed by atoms with Crippen molar-refractivity contribution in [2.24, 2.45) is 5.92 Å². The Morgan fingerprint density at radius 1 is 1.03 bits per heavy atom. The molecule has 6 rings (SSSR count). The smallest absolute Gasteiger partial charge is 0.226 e. The van der Waals surface area contributed by atoms with E-state index < -0.39 is 0 Å². The van der Waals surface area contributed by atoms with Crippen LogP contribution in [-0.4, -0.2) is 50.6 Å². The van der Waals surface area contributed by atoms with Crippen LogP contribution in [-0.2, 0) is 4.79 Å². The zero-order valence-electron chi connectivity index (χ0n) is 19.8. The van der Waals surface area contributed by atoms with Gasteiger partial charge in [-0.3, -0.25) is 19.9 Å². The Hall–Kier alpha value is -4.93. The van der Waals surface area contributed by atoms with Crippen LogP contribution in [0.4, 0.5) is 5.69 Å². The molecule has 0 atom stereocenters. The molecule has 11 heteroatoms. The van der Waals surface area contributed by atoms with E-state index in [2.05, 4.69) is 35.5 Å². The lowest BCUT2D eigenvalue weighted by Crippen LogP contribution is -2.17. The van der Waals surface area contributed by atoms with Crippen molar-refractivity contribution in [3.8, 4) is 28.5 Å². The molecule has 6 heterocycles. The van der Waals surface area contributed by atoms with Crippen molar-refractivity contribution >= 4 is 33.7 Å². The van der Waals surface area contributed by atoms with Gasteiger partial charge in [-0.05, 0) is 25.1 Å². The summed E-state index contributed by atoms with van der Waals surface area (Å²) in [7, 11) is 0. The SMILES string of the molecule is Cc1cn(-c2cncc3[nH]c(-c4n[nH]c5ccc(-c6cncc(NC(=O)C(C)C)c6)nc45)nc23)cn1. The number of imidazole rings is 2. The van der Waals surface area contributed by atoms with E-state index >= 15 is 0 Å². The molecular weight excluding hydrogens is 456 g/mol. The van der Waals surface area contributed by atoms with E-state index in [-0.39, 0.29) is 11.8 Å². The second-order valence-corrected chi connectivity index (χ2v) is 8.83. The molecule has 3 N–H and O–H groups in total. The minimum Gasteiger partial charge on any atom is -0.335 e. The Balaban J connectivity index is 1.41. The summed E-state index contributed by atoms with van der Waals surface area (Å²) in [5.41, 5.74) is 7.37. The van der Waals surface area contributed by atoms with Crippen molar-refractivity contribution in [2.45, 2.75) is 20.8 Å². The first-order chi connectivity index (χ1) is 17.5. The number of aromatic nitrogens is 9. The zero-order chi connectivity index (χ0) is 24.8. The quantitative estimate of drug-likeness (QED) is 0.339. The van der Waals surface area contributed by atoms with Crippen LogP contribution in [0.2, 0.25) is 0 Å². The molecule has 0 aliphatic heterocycles. The number of fused-ring (bicyclic) bond motifs is 2. The predicted octanol–water partition coefficient (Wildman–Crippen LogP) is 4.05. The number of carbonyl (C=O) groups is 1. The highest BCUT2D eigenvalue weighted by Crippen LogP contribution is 2.29. The summed E-state index contributed by atoms with van der Waals surface area (Å²) in [6.07, 6.45) is 10.5. The van der Waals surface area contributed by atoms with Crippen LogP contribution in [0.25, 0.3) is 50.5 Å². The van der Waals surface area contributed by atoms with Gasteiger partial charge >= 0.3 is 0 Å². The van der Waals surface area contributed by atoms with Gasteiger partial charge in [0.1, 0.15) is 11.0 Å². The second-order valence-electron chi connectivity index (χ2n) is 8.83. The van der Waals surface area contributed by atoms with Gasteiger partial charge in [-0.1, -0.05) is 13.8 Å². The molecular formula is C25H22N10O. The topological polar surface area (TPSA) is 143 Å². The van der Waals surface area contributed by atoms with E-state index in [4.69, 9.17) is 9.97 Å². The summed E-state index contributed by atoms with van der Waals surface area (Å²) in [5, 5.41) is 10.4. The van der Waals surface area contributed by atoms with Gasteiger partial charge in [0.25, 0.3) is 0 Å². The van der Waals surface area contributed by atoms with Crippen LogP contribution in [0.3, 0.4) is 0 Å². The largest absolute Gasteiger partial charge is 0.335 e. The number of nitrogens with zero attached hydrogens (tertiary/aromatic N) is 7. The maximum atomic E-state index is 12.1. The lowest BCUT2D eigenvalue weighted by molar-refractivity contribution is -0.118. The summed E-state index contributed by atoms with van der Waals surface area (Å²) in [6, 6.07) is 5.66. The number of H-pyrrole nitrogens is 2. The van der Waals surface area contributed by atoms with Crippen LogP contribution < -0.4 is 5.32 Å². The standard InChI is InChI=1S/C25H22N10O/c1-13(2)25(36)29-16-6-15(7-26-8-16)17-4-5-18-22(30-17)23(34-33-18)24-31-19-9-27-10-20(21(19)32-24)35-11-14(3)28-12-35/h4-13H,1-3H3,(H,29,36)(H,31,32)(H,33,34). The average Bonchev–Trinajstić information content (AvgIpc) is 3.61. The lowest BCUT2D eigenvalue weighted by atomic mass is 10.1. The number of aryl methyl sites for hydroxylation is 1. The first kappa shape index (κ1) is 21.6. The summed E-state index contributed by atoms with van der Waals surface area (Å²) < 4.78 is 1.90. The molecule has 36 heavy (non-hydrogen) atoms. The molecule has 0 saturated carbocycles. The molecule has 0 radical (unpaired) electrons. The molecule has 0 spiro atoms. The molecule has 0 aliphatic rings. The van der Waals surface area contributed by atoms with Gasteiger partial charge in [0, 0.05) is 23.9 Å². The molecule has 6 aromatic heterocycles. The van der Waals surface area contributed by atoms with Gasteiger partial charge in [0.15, 0.2) is 11.5 Å². The van der Waals surface area contributed by atoms with Crippen molar-refractivity contribution in [3.05, 3.63) is 61.2 Å². The van der Waals surface area contributed by atoms with Gasteiger partial charge in [0.2, 0.25) is 5.91 Å². The van der Waals surface area contributed by atoms with E-state index in [9.17, 15) is 4.79 Å². The van der Waals surface area contributed by atoms with Gasteiger partial charge in [-0.15, -0.1) is 0 Å². The maximum Gasteiger partial charge on any atom is 0.226 e. The number of carbonyl (C=O) groups excluding carboxylic acids is 1. The fraction of sp³-hybridized carbons (Fsp3) is 0.160. The van der Waals surface area contributed by atoms with Crippen molar-refractivity contribution in [1.82, 2.24) is 44.7 Å². The third kappa shape index (κ3) is 3.76. The fourth-order valence-electron chi connectivity index (χ4n) is 3.93. The minimum atomic E-state index is -0.131. The monoisotopic (exact) mass is 478 g/mol. The summed E-state index contributed by atoms with van der Waals surface area (Å²) in [6.45, 7) is 5.62. The van der Waals surface area contributed by atoms with E-state index in [0.717, 1.165) is 33.5 Å². The van der Waals surface area contributed by atoms with Crippen LogP contribution in [0.1, 0.15) is 19.5 Å². The number of nitrogens with one attached hydrogen (secondary N) is 3. The van der Waals surface area contributed by atoms with Gasteiger partial charge in [0.05, 0.1) is 58.7 Å². The molecule has 0 aliphatic carbocycles. The van der Waals surface area contributed by atoms with E-state index in [1.807, 2.05) is 49.7 Å². The molecule has 6 aromatic rings. The molecule has 0 saturated heterocycles. The number of pyridine rings is 3. The molecule has 0 fully saturated rings. The molecule has 0 unspecified atom stereocenters. The van der Waals surface area contributed by atoms with Crippen molar-refractivity contribution in [2.75, 3.05) is 5.32 Å². The summed E-state index contributed by atoms with van der Waals surface area (Å²) in [5.74, 6) is 0.371. The van der Waals surface area contributed by atoms with Crippen molar-refractivity contribution in [3.63, 3.8) is 0 Å². The van der Waals surface area contributed by atoms with E-state index in [0.29, 0.717) is 28.4 Å². The van der Waals surface area contributed by atoms with Crippen molar-refractivity contribution < 1.29 is 4.79 Å². The number of hydrogen-bond donors (Lipinski definition) is 3. The number of amides is 1. The number of hydrogen-bond acceptors (Lipinski definition) is 7. The van der Waals surface area contributed by atoms with E-state index in [1.165, 1.54) is 0 Å². The first-order valence-electron chi connectivity index (χ1n) is 11.4. The Morgan fingerprint density at radius 3 is 2.69 bits per heavy atom. The van der Waals surface area contributed by atoms with Crippen LogP contribution >= 0.6 is 0 Å². The van der Waals surface area contributed by atoms with Gasteiger partial charge in [-0.25, -0.2) is 15.0 Å². The number of rotatable bonds is 5. The molecule has 0 aromatic carbocycles. The summed E-state index contributed by atoms with van der Waals surface area (Å²) in [4.78, 5) is 38.0. The van der Waals surface area contributed by atoms with Gasteiger partial charge in [-0.2, -0.15) is 5.10 Å². The third-order valence-electron chi connectivity index (χ3n) is 5.82. The summed E-state index contributed by atoms with van der Waals surface area (Å²) >= 11 is 0. The van der Waals surface area contributed by atoms with Gasteiger partial charge < -0.3 is 14.9 Å². The Kier molecular flexibility index (Phi) is 5.03. The van der Waals surface area contributed by atoms with Crippen molar-refractivity contribution in [1.29, 1.82) is 0 Å². The van der Waals surface area contributed by atoms with Crippen LogP contribution in [0, 0.1) is 12.8 Å². The predicted molar refractivity (Wildman–Crippen MR) is 135 cm³/mol. The Labute approximate surface area is 205 Å². The van der Waals surface area contributed by atoms with E-state index in [1.54, 1.807) is 31.1 Å². The van der Waals surface area contributed by atoms with Crippen LogP contribution in [0.5, 0.6) is 0 Å². The second kappa shape index (κ2) is 8.38. The first-order valence-corrected chi connectivity index (χ1v) is 11.4. The lowest BCUT2D eigenvalue weighted by Gasteiger charge is -2.08. The highest BCUT2D eigenvalue weighted by atomic mass is 16.1. The average molecular weight is 479 g/mol. The minimum absolute atomic E-state index is 0.0703.